The number of methoxy groups -OCH3 is 3. The van der Waals surface area contributed by atoms with Crippen molar-refractivity contribution in [1.29, 1.82) is 0 Å². The standard InChI is InChI=1S/C14H22O4/c1-15-8-7-13(10-16-2)12-5-4-6-14(9-12)18-11-17-3/h4-6,9,13H,7-8,10-11H2,1-3H3. The fourth-order valence-corrected chi connectivity index (χ4v) is 1.79. The Morgan fingerprint density at radius 3 is 2.56 bits per heavy atom. The van der Waals surface area contributed by atoms with Gasteiger partial charge >= 0.3 is 0 Å². The summed E-state index contributed by atoms with van der Waals surface area (Å²) in [5.74, 6) is 1.13. The van der Waals surface area contributed by atoms with Gasteiger partial charge in [0.1, 0.15) is 5.75 Å². The molecule has 0 spiro atoms. The van der Waals surface area contributed by atoms with Gasteiger partial charge in [0.05, 0.1) is 6.61 Å². The summed E-state index contributed by atoms with van der Waals surface area (Å²) < 4.78 is 20.7. The minimum atomic E-state index is 0.260. The van der Waals surface area contributed by atoms with Crippen LogP contribution in [0.15, 0.2) is 24.3 Å². The normalized spacial score (nSPS) is 12.4. The van der Waals surface area contributed by atoms with E-state index in [1.165, 1.54) is 5.56 Å². The molecule has 18 heavy (non-hydrogen) atoms. The maximum absolute atomic E-state index is 5.43. The van der Waals surface area contributed by atoms with Crippen molar-refractivity contribution in [3.63, 3.8) is 0 Å². The number of benzene rings is 1. The van der Waals surface area contributed by atoms with Crippen molar-refractivity contribution in [2.75, 3.05) is 41.3 Å². The van der Waals surface area contributed by atoms with Crippen LogP contribution in [0.4, 0.5) is 0 Å². The molecule has 0 aliphatic carbocycles. The summed E-state index contributed by atoms with van der Waals surface area (Å²) >= 11 is 0. The Morgan fingerprint density at radius 2 is 1.89 bits per heavy atom. The summed E-state index contributed by atoms with van der Waals surface area (Å²) in [6.07, 6.45) is 0.929. The van der Waals surface area contributed by atoms with Crippen molar-refractivity contribution in [3.05, 3.63) is 29.8 Å². The lowest BCUT2D eigenvalue weighted by molar-refractivity contribution is 0.0510. The van der Waals surface area contributed by atoms with E-state index < -0.39 is 0 Å². The predicted molar refractivity (Wildman–Crippen MR) is 70.1 cm³/mol. The van der Waals surface area contributed by atoms with E-state index in [4.69, 9.17) is 18.9 Å². The molecule has 1 unspecified atom stereocenters. The Labute approximate surface area is 109 Å². The molecule has 0 amide bonds. The number of hydrogen-bond acceptors (Lipinski definition) is 4. The van der Waals surface area contributed by atoms with Gasteiger partial charge in [-0.3, -0.25) is 0 Å². The highest BCUT2D eigenvalue weighted by molar-refractivity contribution is 5.31. The molecule has 0 N–H and O–H groups in total. The van der Waals surface area contributed by atoms with Gasteiger partial charge in [0.15, 0.2) is 6.79 Å². The van der Waals surface area contributed by atoms with Gasteiger partial charge in [-0.05, 0) is 24.1 Å². The lowest BCUT2D eigenvalue weighted by Crippen LogP contribution is -2.09. The molecule has 4 heteroatoms. The Balaban J connectivity index is 2.70. The largest absolute Gasteiger partial charge is 0.468 e. The van der Waals surface area contributed by atoms with Crippen LogP contribution >= 0.6 is 0 Å². The topological polar surface area (TPSA) is 36.9 Å². The van der Waals surface area contributed by atoms with Crippen LogP contribution in [0.3, 0.4) is 0 Å². The van der Waals surface area contributed by atoms with Gasteiger partial charge in [0.25, 0.3) is 0 Å². The second-order valence-corrected chi connectivity index (χ2v) is 4.06. The molecule has 1 aromatic carbocycles. The highest BCUT2D eigenvalue weighted by Gasteiger charge is 2.12. The minimum Gasteiger partial charge on any atom is -0.468 e. The van der Waals surface area contributed by atoms with Crippen LogP contribution in [0, 0.1) is 0 Å². The van der Waals surface area contributed by atoms with Crippen molar-refractivity contribution in [2.24, 2.45) is 0 Å². The molecule has 1 atom stereocenters. The fraction of sp³-hybridized carbons (Fsp3) is 0.571. The number of rotatable bonds is 9. The van der Waals surface area contributed by atoms with Gasteiger partial charge in [-0.15, -0.1) is 0 Å². The third kappa shape index (κ3) is 5.04. The van der Waals surface area contributed by atoms with E-state index in [1.54, 1.807) is 21.3 Å². The molecule has 1 aromatic rings. The first-order valence-electron chi connectivity index (χ1n) is 6.01. The molecule has 0 fully saturated rings. The zero-order chi connectivity index (χ0) is 13.2. The molecular weight excluding hydrogens is 232 g/mol. The number of hydrogen-bond donors (Lipinski definition) is 0. The van der Waals surface area contributed by atoms with E-state index >= 15 is 0 Å². The lowest BCUT2D eigenvalue weighted by atomic mass is 9.97. The van der Waals surface area contributed by atoms with Crippen LogP contribution in [0.5, 0.6) is 5.75 Å². The van der Waals surface area contributed by atoms with Gasteiger partial charge in [0.2, 0.25) is 0 Å². The maximum Gasteiger partial charge on any atom is 0.188 e. The van der Waals surface area contributed by atoms with Gasteiger partial charge in [0, 0.05) is 33.9 Å². The van der Waals surface area contributed by atoms with E-state index in [2.05, 4.69) is 6.07 Å². The summed E-state index contributed by atoms with van der Waals surface area (Å²) in [6, 6.07) is 8.01. The predicted octanol–water partition coefficient (Wildman–Crippen LogP) is 2.44. The monoisotopic (exact) mass is 254 g/mol. The van der Waals surface area contributed by atoms with E-state index in [1.807, 2.05) is 18.2 Å². The average molecular weight is 254 g/mol. The van der Waals surface area contributed by atoms with Crippen molar-refractivity contribution in [2.45, 2.75) is 12.3 Å². The molecule has 0 saturated carbocycles. The van der Waals surface area contributed by atoms with Crippen LogP contribution in [0.1, 0.15) is 17.9 Å². The van der Waals surface area contributed by atoms with E-state index in [0.717, 1.165) is 18.8 Å². The molecule has 0 radical (unpaired) electrons. The first-order valence-corrected chi connectivity index (χ1v) is 6.01. The molecule has 0 aliphatic heterocycles. The lowest BCUT2D eigenvalue weighted by Gasteiger charge is -2.17. The van der Waals surface area contributed by atoms with Crippen LogP contribution < -0.4 is 4.74 Å². The third-order valence-electron chi connectivity index (χ3n) is 2.71. The first-order chi connectivity index (χ1) is 8.81. The zero-order valence-electron chi connectivity index (χ0n) is 11.3. The van der Waals surface area contributed by atoms with E-state index in [9.17, 15) is 0 Å². The second-order valence-electron chi connectivity index (χ2n) is 4.06. The van der Waals surface area contributed by atoms with Gasteiger partial charge < -0.3 is 18.9 Å². The van der Waals surface area contributed by atoms with Crippen molar-refractivity contribution in [3.8, 4) is 5.75 Å². The first kappa shape index (κ1) is 15.0. The smallest absolute Gasteiger partial charge is 0.188 e. The molecule has 0 aromatic heterocycles. The zero-order valence-corrected chi connectivity index (χ0v) is 11.3. The summed E-state index contributed by atoms with van der Waals surface area (Å²) in [4.78, 5) is 0. The van der Waals surface area contributed by atoms with E-state index in [0.29, 0.717) is 12.5 Å². The summed E-state index contributed by atoms with van der Waals surface area (Å²) in [6.45, 7) is 1.66. The van der Waals surface area contributed by atoms with Crippen LogP contribution in [-0.2, 0) is 14.2 Å². The van der Waals surface area contributed by atoms with Gasteiger partial charge in [-0.1, -0.05) is 12.1 Å². The molecule has 0 heterocycles. The van der Waals surface area contributed by atoms with Crippen LogP contribution in [0.25, 0.3) is 0 Å². The Bertz CT molecular complexity index is 327. The second kappa shape index (κ2) is 8.91. The summed E-state index contributed by atoms with van der Waals surface area (Å²) in [5.41, 5.74) is 1.20. The minimum absolute atomic E-state index is 0.260. The summed E-state index contributed by atoms with van der Waals surface area (Å²) in [7, 11) is 5.03. The van der Waals surface area contributed by atoms with Crippen LogP contribution in [-0.4, -0.2) is 41.3 Å². The average Bonchev–Trinajstić information content (AvgIpc) is 2.41. The molecule has 0 bridgehead atoms. The Morgan fingerprint density at radius 1 is 1.06 bits per heavy atom. The highest BCUT2D eigenvalue weighted by atomic mass is 16.7. The third-order valence-corrected chi connectivity index (χ3v) is 2.71. The Kier molecular flexibility index (Phi) is 7.41. The quantitative estimate of drug-likeness (QED) is 0.634. The van der Waals surface area contributed by atoms with E-state index in [-0.39, 0.29) is 6.79 Å². The molecular formula is C14H22O4. The maximum atomic E-state index is 5.43. The fourth-order valence-electron chi connectivity index (χ4n) is 1.79. The van der Waals surface area contributed by atoms with Gasteiger partial charge in [-0.2, -0.15) is 0 Å². The van der Waals surface area contributed by atoms with Crippen molar-refractivity contribution in [1.82, 2.24) is 0 Å². The van der Waals surface area contributed by atoms with Crippen molar-refractivity contribution >= 4 is 0 Å². The summed E-state index contributed by atoms with van der Waals surface area (Å²) in [5, 5.41) is 0. The molecule has 1 rings (SSSR count). The van der Waals surface area contributed by atoms with Gasteiger partial charge in [-0.25, -0.2) is 0 Å². The highest BCUT2D eigenvalue weighted by Crippen LogP contribution is 2.24. The molecule has 4 nitrogen and oxygen atoms in total. The Hall–Kier alpha value is -1.10. The SMILES string of the molecule is COCCC(COC)c1cccc(OCOC)c1. The molecule has 102 valence electrons. The van der Waals surface area contributed by atoms with Crippen LogP contribution in [0.2, 0.25) is 0 Å². The number of ether oxygens (including phenoxy) is 4. The molecule has 0 aliphatic rings. The van der Waals surface area contributed by atoms with Crippen molar-refractivity contribution < 1.29 is 18.9 Å². The molecule has 0 saturated heterocycles.